The number of rotatable bonds is 4. The summed E-state index contributed by atoms with van der Waals surface area (Å²) < 4.78 is 0. The Morgan fingerprint density at radius 2 is 1.75 bits per heavy atom. The van der Waals surface area contributed by atoms with E-state index in [-0.39, 0.29) is 5.54 Å². The van der Waals surface area contributed by atoms with Gasteiger partial charge in [-0.15, -0.1) is 0 Å². The molecule has 4 fully saturated rings. The molecule has 2 saturated heterocycles. The minimum atomic E-state index is 0.136. The Morgan fingerprint density at radius 3 is 2.25 bits per heavy atom. The van der Waals surface area contributed by atoms with E-state index in [1.165, 1.54) is 26.1 Å². The molecular formula is C16H30N4. The smallest absolute Gasteiger partial charge is 0.0360 e. The van der Waals surface area contributed by atoms with Crippen LogP contribution in [0.25, 0.3) is 0 Å². The first kappa shape index (κ1) is 13.5. The van der Waals surface area contributed by atoms with E-state index in [0.717, 1.165) is 30.2 Å². The molecule has 0 spiro atoms. The van der Waals surface area contributed by atoms with Crippen LogP contribution in [0.4, 0.5) is 0 Å². The number of nitrogens with zero attached hydrogens (tertiary/aromatic N) is 2. The molecule has 4 aliphatic rings. The van der Waals surface area contributed by atoms with E-state index in [4.69, 9.17) is 11.5 Å². The zero-order valence-electron chi connectivity index (χ0n) is 13.1. The van der Waals surface area contributed by atoms with Crippen molar-refractivity contribution in [2.45, 2.75) is 50.9 Å². The molecule has 6 atom stereocenters. The molecule has 0 aromatic carbocycles. The van der Waals surface area contributed by atoms with Gasteiger partial charge in [-0.2, -0.15) is 0 Å². The fourth-order valence-electron chi connectivity index (χ4n) is 5.09. The first-order valence-corrected chi connectivity index (χ1v) is 8.44. The maximum atomic E-state index is 6.65. The van der Waals surface area contributed by atoms with Crippen LogP contribution in [-0.4, -0.2) is 59.6 Å². The lowest BCUT2D eigenvalue weighted by atomic mass is 10.0. The second-order valence-corrected chi connectivity index (χ2v) is 8.29. The van der Waals surface area contributed by atoms with Crippen LogP contribution >= 0.6 is 0 Å². The van der Waals surface area contributed by atoms with Gasteiger partial charge in [-0.1, -0.05) is 0 Å². The second-order valence-electron chi connectivity index (χ2n) is 8.29. The lowest BCUT2D eigenvalue weighted by molar-refractivity contribution is 0.184. The van der Waals surface area contributed by atoms with Crippen molar-refractivity contribution in [2.75, 3.05) is 26.2 Å². The van der Waals surface area contributed by atoms with E-state index in [1.807, 2.05) is 0 Å². The van der Waals surface area contributed by atoms with Gasteiger partial charge in [0.1, 0.15) is 0 Å². The molecule has 2 saturated carbocycles. The van der Waals surface area contributed by atoms with Gasteiger partial charge in [0.15, 0.2) is 0 Å². The van der Waals surface area contributed by atoms with Crippen molar-refractivity contribution in [3.05, 3.63) is 0 Å². The number of fused-ring (bicyclic) bond motifs is 2. The molecule has 114 valence electrons. The number of likely N-dealkylation sites (tertiary alicyclic amines) is 2. The predicted molar refractivity (Wildman–Crippen MR) is 81.2 cm³/mol. The molecule has 2 aliphatic heterocycles. The molecule has 2 aliphatic carbocycles. The Balaban J connectivity index is 1.30. The fourth-order valence-corrected chi connectivity index (χ4v) is 5.09. The summed E-state index contributed by atoms with van der Waals surface area (Å²) in [6, 6.07) is 1.85. The van der Waals surface area contributed by atoms with Crippen LogP contribution in [0, 0.1) is 23.7 Å². The van der Waals surface area contributed by atoms with Crippen molar-refractivity contribution >= 4 is 0 Å². The molecule has 20 heavy (non-hydrogen) atoms. The van der Waals surface area contributed by atoms with Gasteiger partial charge in [0, 0.05) is 49.8 Å². The standard InChI is InChI=1S/C16H30N4/c1-9(2)20-7-14-13(16(14,18)8-20)4-10(3)19-5-11-12(6-19)15(11)17/h9-15H,4-8,17-18H2,1-3H3. The van der Waals surface area contributed by atoms with Gasteiger partial charge in [-0.05, 0) is 50.9 Å². The van der Waals surface area contributed by atoms with Gasteiger partial charge in [0.25, 0.3) is 0 Å². The largest absolute Gasteiger partial charge is 0.327 e. The summed E-state index contributed by atoms with van der Waals surface area (Å²) in [6.07, 6.45) is 1.29. The fraction of sp³-hybridized carbons (Fsp3) is 1.00. The SMILES string of the molecule is CC(C)N1CC2C(CC(C)N3CC4C(N)C4C3)C2(N)C1. The highest BCUT2D eigenvalue weighted by atomic mass is 15.3. The van der Waals surface area contributed by atoms with Crippen LogP contribution in [0.15, 0.2) is 0 Å². The number of nitrogens with two attached hydrogens (primary N) is 2. The summed E-state index contributed by atoms with van der Waals surface area (Å²) >= 11 is 0. The Kier molecular flexibility index (Phi) is 2.83. The van der Waals surface area contributed by atoms with Gasteiger partial charge in [0.2, 0.25) is 0 Å². The summed E-state index contributed by atoms with van der Waals surface area (Å²) in [5.74, 6) is 3.13. The van der Waals surface area contributed by atoms with E-state index in [2.05, 4.69) is 30.6 Å². The van der Waals surface area contributed by atoms with Crippen LogP contribution in [-0.2, 0) is 0 Å². The number of piperidine rings is 2. The molecule has 0 bridgehead atoms. The molecular weight excluding hydrogens is 248 g/mol. The molecule has 6 unspecified atom stereocenters. The van der Waals surface area contributed by atoms with E-state index >= 15 is 0 Å². The van der Waals surface area contributed by atoms with Crippen molar-refractivity contribution in [2.24, 2.45) is 35.1 Å². The summed E-state index contributed by atoms with van der Waals surface area (Å²) in [6.45, 7) is 11.8. The zero-order chi connectivity index (χ0) is 14.2. The summed E-state index contributed by atoms with van der Waals surface area (Å²) in [5.41, 5.74) is 12.8. The van der Waals surface area contributed by atoms with Gasteiger partial charge in [-0.3, -0.25) is 9.80 Å². The summed E-state index contributed by atoms with van der Waals surface area (Å²) in [7, 11) is 0. The quantitative estimate of drug-likeness (QED) is 0.778. The van der Waals surface area contributed by atoms with E-state index in [9.17, 15) is 0 Å². The Hall–Kier alpha value is -0.160. The third-order valence-electron chi connectivity index (χ3n) is 6.90. The molecule has 4 heteroatoms. The highest BCUT2D eigenvalue weighted by Gasteiger charge is 2.66. The highest BCUT2D eigenvalue weighted by molar-refractivity contribution is 5.23. The Morgan fingerprint density at radius 1 is 1.10 bits per heavy atom. The number of hydrogen-bond donors (Lipinski definition) is 2. The van der Waals surface area contributed by atoms with Crippen LogP contribution in [0.2, 0.25) is 0 Å². The van der Waals surface area contributed by atoms with Gasteiger partial charge in [0.05, 0.1) is 0 Å². The lowest BCUT2D eigenvalue weighted by Gasteiger charge is -2.29. The lowest BCUT2D eigenvalue weighted by Crippen LogP contribution is -2.41. The molecule has 0 radical (unpaired) electrons. The highest BCUT2D eigenvalue weighted by Crippen LogP contribution is 2.57. The van der Waals surface area contributed by atoms with Crippen molar-refractivity contribution in [3.8, 4) is 0 Å². The monoisotopic (exact) mass is 278 g/mol. The van der Waals surface area contributed by atoms with E-state index in [0.29, 0.717) is 18.1 Å². The number of hydrogen-bond acceptors (Lipinski definition) is 4. The van der Waals surface area contributed by atoms with Crippen LogP contribution in [0.3, 0.4) is 0 Å². The maximum absolute atomic E-state index is 6.65. The minimum absolute atomic E-state index is 0.136. The predicted octanol–water partition coefficient (Wildman–Crippen LogP) is 0.321. The third-order valence-corrected chi connectivity index (χ3v) is 6.90. The Bertz CT molecular complexity index is 399. The van der Waals surface area contributed by atoms with E-state index in [1.54, 1.807) is 0 Å². The second kappa shape index (κ2) is 4.19. The zero-order valence-corrected chi connectivity index (χ0v) is 13.1. The average molecular weight is 278 g/mol. The van der Waals surface area contributed by atoms with Crippen molar-refractivity contribution < 1.29 is 0 Å². The topological polar surface area (TPSA) is 58.5 Å². The van der Waals surface area contributed by atoms with Gasteiger partial charge in [-0.25, -0.2) is 0 Å². The molecule has 4 N–H and O–H groups in total. The normalized spacial score (nSPS) is 52.2. The van der Waals surface area contributed by atoms with Crippen molar-refractivity contribution in [1.82, 2.24) is 9.80 Å². The van der Waals surface area contributed by atoms with Crippen LogP contribution < -0.4 is 11.5 Å². The summed E-state index contributed by atoms with van der Waals surface area (Å²) in [4.78, 5) is 5.21. The first-order chi connectivity index (χ1) is 9.41. The van der Waals surface area contributed by atoms with Crippen LogP contribution in [0.1, 0.15) is 27.2 Å². The van der Waals surface area contributed by atoms with Crippen molar-refractivity contribution in [3.63, 3.8) is 0 Å². The first-order valence-electron chi connectivity index (χ1n) is 8.44. The van der Waals surface area contributed by atoms with E-state index < -0.39 is 0 Å². The molecule has 4 nitrogen and oxygen atoms in total. The van der Waals surface area contributed by atoms with Gasteiger partial charge < -0.3 is 11.5 Å². The Labute approximate surface area is 122 Å². The van der Waals surface area contributed by atoms with Crippen molar-refractivity contribution in [1.29, 1.82) is 0 Å². The molecule has 2 heterocycles. The molecule has 0 amide bonds. The third kappa shape index (κ3) is 1.81. The minimum Gasteiger partial charge on any atom is -0.327 e. The summed E-state index contributed by atoms with van der Waals surface area (Å²) in [5, 5.41) is 0. The van der Waals surface area contributed by atoms with Crippen LogP contribution in [0.5, 0.6) is 0 Å². The van der Waals surface area contributed by atoms with Gasteiger partial charge >= 0.3 is 0 Å². The molecule has 0 aromatic heterocycles. The molecule has 0 aromatic rings. The molecule has 4 rings (SSSR count). The maximum Gasteiger partial charge on any atom is 0.0360 e. The average Bonchev–Trinajstić information content (AvgIpc) is 3.01.